The summed E-state index contributed by atoms with van der Waals surface area (Å²) in [5.74, 6) is 0. The van der Waals surface area contributed by atoms with Gasteiger partial charge in [0.25, 0.3) is 0 Å². The highest BCUT2D eigenvalue weighted by molar-refractivity contribution is 9.10. The van der Waals surface area contributed by atoms with Crippen molar-refractivity contribution in [2.24, 2.45) is 4.99 Å². The number of aromatic nitrogens is 2. The Kier molecular flexibility index (Phi) is 6.21. The molecule has 6 nitrogen and oxygen atoms in total. The first-order valence-corrected chi connectivity index (χ1v) is 12.4. The predicted octanol–water partition coefficient (Wildman–Crippen LogP) is 4.89. The summed E-state index contributed by atoms with van der Waals surface area (Å²) in [6.07, 6.45) is 1.85. The third kappa shape index (κ3) is 4.21. The maximum atomic E-state index is 5.55. The standard InChI is InChI=1S/C22H24BrN5OS2/c1-24-20-18(15-3-2-4-25-21(15)30)16(23)9-13-10-17(27-19(13)20)22-26-11-14(31-22)12-28-5-7-29-8-6-28/h2-4,9-10,14,24,27H,5-8,11-12H2,1H3,(H,25,30). The maximum absolute atomic E-state index is 5.55. The van der Waals surface area contributed by atoms with Crippen molar-refractivity contribution in [1.82, 2.24) is 14.9 Å². The van der Waals surface area contributed by atoms with Crippen LogP contribution in [0.4, 0.5) is 5.69 Å². The first kappa shape index (κ1) is 21.2. The Hall–Kier alpha value is -1.65. The Morgan fingerprint density at radius 1 is 1.35 bits per heavy atom. The number of hydrogen-bond donors (Lipinski definition) is 3. The molecule has 1 atom stereocenters. The molecule has 1 fully saturated rings. The number of hydrogen-bond acceptors (Lipinski definition) is 6. The molecule has 0 amide bonds. The number of fused-ring (bicyclic) bond motifs is 1. The van der Waals surface area contributed by atoms with Gasteiger partial charge < -0.3 is 20.0 Å². The van der Waals surface area contributed by atoms with Gasteiger partial charge in [0.2, 0.25) is 0 Å². The topological polar surface area (TPSA) is 68.4 Å². The highest BCUT2D eigenvalue weighted by Gasteiger charge is 2.26. The molecular weight excluding hydrogens is 494 g/mol. The molecule has 3 aromatic rings. The monoisotopic (exact) mass is 517 g/mol. The van der Waals surface area contributed by atoms with Gasteiger partial charge in [0.05, 0.1) is 36.7 Å². The van der Waals surface area contributed by atoms with Crippen molar-refractivity contribution >= 4 is 61.5 Å². The number of ether oxygens (including phenoxy) is 1. The number of aromatic amines is 2. The Labute approximate surface area is 199 Å². The zero-order chi connectivity index (χ0) is 21.4. The third-order valence-corrected chi connectivity index (χ3v) is 7.89. The van der Waals surface area contributed by atoms with E-state index in [9.17, 15) is 0 Å². The van der Waals surface area contributed by atoms with Gasteiger partial charge in [-0.05, 0) is 24.3 Å². The normalized spacial score (nSPS) is 19.7. The summed E-state index contributed by atoms with van der Waals surface area (Å²) in [6, 6.07) is 8.36. The smallest absolute Gasteiger partial charge is 0.114 e. The Morgan fingerprint density at radius 3 is 2.97 bits per heavy atom. The van der Waals surface area contributed by atoms with E-state index in [4.69, 9.17) is 21.9 Å². The number of halogens is 1. The van der Waals surface area contributed by atoms with Crippen molar-refractivity contribution in [2.75, 3.05) is 51.8 Å². The van der Waals surface area contributed by atoms with E-state index >= 15 is 0 Å². The fraction of sp³-hybridized carbons (Fsp3) is 0.364. The number of H-pyrrole nitrogens is 2. The fourth-order valence-electron chi connectivity index (χ4n) is 4.22. The number of nitrogens with zero attached hydrogens (tertiary/aromatic N) is 2. The molecule has 0 saturated carbocycles. The van der Waals surface area contributed by atoms with Crippen LogP contribution in [0.15, 0.2) is 39.9 Å². The van der Waals surface area contributed by atoms with Crippen molar-refractivity contribution in [2.45, 2.75) is 5.25 Å². The molecule has 3 N–H and O–H groups in total. The van der Waals surface area contributed by atoms with Crippen LogP contribution in [-0.2, 0) is 4.74 Å². The number of morpholine rings is 1. The van der Waals surface area contributed by atoms with Gasteiger partial charge in [-0.25, -0.2) is 0 Å². The van der Waals surface area contributed by atoms with Gasteiger partial charge in [-0.15, -0.1) is 0 Å². The second-order valence-corrected chi connectivity index (χ2v) is 10.3. The number of pyridine rings is 1. The number of rotatable bonds is 5. The number of benzene rings is 1. The molecule has 4 heterocycles. The minimum Gasteiger partial charge on any atom is -0.386 e. The summed E-state index contributed by atoms with van der Waals surface area (Å²) >= 11 is 11.2. The van der Waals surface area contributed by atoms with E-state index in [0.29, 0.717) is 9.89 Å². The lowest BCUT2D eigenvalue weighted by atomic mass is 10.0. The van der Waals surface area contributed by atoms with Gasteiger partial charge in [-0.3, -0.25) is 9.89 Å². The van der Waals surface area contributed by atoms with Crippen LogP contribution in [0.1, 0.15) is 5.69 Å². The number of nitrogens with one attached hydrogen (secondary N) is 3. The maximum Gasteiger partial charge on any atom is 0.114 e. The van der Waals surface area contributed by atoms with Crippen LogP contribution < -0.4 is 5.32 Å². The summed E-state index contributed by atoms with van der Waals surface area (Å²) < 4.78 is 7.19. The lowest BCUT2D eigenvalue weighted by Gasteiger charge is -2.28. The van der Waals surface area contributed by atoms with Crippen molar-refractivity contribution in [3.63, 3.8) is 0 Å². The summed E-state index contributed by atoms with van der Waals surface area (Å²) in [5.41, 5.74) is 5.20. The van der Waals surface area contributed by atoms with E-state index in [1.54, 1.807) is 0 Å². The van der Waals surface area contributed by atoms with E-state index in [1.807, 2.05) is 37.1 Å². The van der Waals surface area contributed by atoms with Gasteiger partial charge in [0.1, 0.15) is 9.68 Å². The lowest BCUT2D eigenvalue weighted by Crippen LogP contribution is -2.40. The molecule has 31 heavy (non-hydrogen) atoms. The molecular formula is C22H24BrN5OS2. The van der Waals surface area contributed by atoms with Crippen LogP contribution in [0.3, 0.4) is 0 Å². The molecule has 5 rings (SSSR count). The molecule has 0 spiro atoms. The molecule has 0 radical (unpaired) electrons. The van der Waals surface area contributed by atoms with Crippen LogP contribution in [0.5, 0.6) is 0 Å². The molecule has 1 saturated heterocycles. The van der Waals surface area contributed by atoms with Gasteiger partial charge in [-0.1, -0.05) is 39.9 Å². The summed E-state index contributed by atoms with van der Waals surface area (Å²) in [7, 11) is 1.95. The van der Waals surface area contributed by atoms with Crippen LogP contribution in [-0.4, -0.2) is 71.6 Å². The first-order valence-electron chi connectivity index (χ1n) is 10.4. The average Bonchev–Trinajstić information content (AvgIpc) is 3.41. The number of anilines is 1. The largest absolute Gasteiger partial charge is 0.386 e. The highest BCUT2D eigenvalue weighted by Crippen LogP contribution is 2.41. The fourth-order valence-corrected chi connectivity index (χ4v) is 6.26. The first-order chi connectivity index (χ1) is 15.1. The molecule has 0 aliphatic carbocycles. The predicted molar refractivity (Wildman–Crippen MR) is 136 cm³/mol. The molecule has 162 valence electrons. The zero-order valence-electron chi connectivity index (χ0n) is 17.2. The molecule has 9 heteroatoms. The Bertz CT molecular complexity index is 1200. The van der Waals surface area contributed by atoms with E-state index in [0.717, 1.165) is 82.3 Å². The van der Waals surface area contributed by atoms with Gasteiger partial charge in [0, 0.05) is 59.1 Å². The van der Waals surface area contributed by atoms with Gasteiger partial charge >= 0.3 is 0 Å². The average molecular weight is 519 g/mol. The lowest BCUT2D eigenvalue weighted by molar-refractivity contribution is 0.0385. The molecule has 2 aliphatic rings. The second-order valence-electron chi connectivity index (χ2n) is 7.72. The number of thioether (sulfide) groups is 1. The van der Waals surface area contributed by atoms with Crippen molar-refractivity contribution < 1.29 is 4.74 Å². The third-order valence-electron chi connectivity index (χ3n) is 5.72. The Balaban J connectivity index is 1.45. The number of aliphatic imine (C=N–C) groups is 1. The highest BCUT2D eigenvalue weighted by atomic mass is 79.9. The summed E-state index contributed by atoms with van der Waals surface area (Å²) in [6.45, 7) is 5.63. The summed E-state index contributed by atoms with van der Waals surface area (Å²) in [5, 5.41) is 6.11. The van der Waals surface area contributed by atoms with E-state index in [2.05, 4.69) is 48.2 Å². The van der Waals surface area contributed by atoms with Gasteiger partial charge in [0.15, 0.2) is 0 Å². The Morgan fingerprint density at radius 2 is 2.19 bits per heavy atom. The molecule has 1 aromatic carbocycles. The minimum atomic E-state index is 0.494. The van der Waals surface area contributed by atoms with Crippen LogP contribution in [0.25, 0.3) is 22.0 Å². The van der Waals surface area contributed by atoms with E-state index in [1.165, 1.54) is 0 Å². The van der Waals surface area contributed by atoms with Crippen LogP contribution >= 0.6 is 39.9 Å². The van der Waals surface area contributed by atoms with E-state index in [-0.39, 0.29) is 0 Å². The van der Waals surface area contributed by atoms with Crippen molar-refractivity contribution in [3.05, 3.63) is 45.3 Å². The molecule has 2 aliphatic heterocycles. The SMILES string of the molecule is CNc1c(-c2ccc[nH]c2=S)c(Br)cc2cc(C3=NCC(CN4CCOCC4)S3)[nH]c12. The molecule has 0 bridgehead atoms. The quantitative estimate of drug-likeness (QED) is 0.420. The van der Waals surface area contributed by atoms with Crippen LogP contribution in [0, 0.1) is 4.64 Å². The molecule has 2 aromatic heterocycles. The van der Waals surface area contributed by atoms with Crippen LogP contribution in [0.2, 0.25) is 0 Å². The van der Waals surface area contributed by atoms with E-state index < -0.39 is 0 Å². The zero-order valence-corrected chi connectivity index (χ0v) is 20.4. The van der Waals surface area contributed by atoms with Gasteiger partial charge in [-0.2, -0.15) is 0 Å². The minimum absolute atomic E-state index is 0.494. The van der Waals surface area contributed by atoms with Crippen molar-refractivity contribution in [1.29, 1.82) is 0 Å². The molecule has 1 unspecified atom stereocenters. The summed E-state index contributed by atoms with van der Waals surface area (Å²) in [4.78, 5) is 14.1. The van der Waals surface area contributed by atoms with Crippen molar-refractivity contribution in [3.8, 4) is 11.1 Å². The second kappa shape index (κ2) is 9.07.